The highest BCUT2D eigenvalue weighted by atomic mass is 32.2. The molecular formula is C12H14N4O3S. The number of anilines is 2. The topological polar surface area (TPSA) is 107 Å². The third-order valence-electron chi connectivity index (χ3n) is 2.36. The van der Waals surface area contributed by atoms with Crippen LogP contribution in [-0.4, -0.2) is 25.0 Å². The molecule has 0 aliphatic heterocycles. The highest BCUT2D eigenvalue weighted by Gasteiger charge is 2.15. The van der Waals surface area contributed by atoms with Crippen LogP contribution in [0.15, 0.2) is 41.6 Å². The van der Waals surface area contributed by atoms with E-state index in [0.717, 1.165) is 12.4 Å². The Morgan fingerprint density at radius 1 is 1.30 bits per heavy atom. The van der Waals surface area contributed by atoms with Crippen molar-refractivity contribution in [1.29, 1.82) is 0 Å². The van der Waals surface area contributed by atoms with Gasteiger partial charge >= 0.3 is 0 Å². The van der Waals surface area contributed by atoms with Crippen LogP contribution in [0.25, 0.3) is 0 Å². The van der Waals surface area contributed by atoms with Crippen molar-refractivity contribution in [3.8, 4) is 5.75 Å². The molecule has 2 aromatic rings. The van der Waals surface area contributed by atoms with Crippen LogP contribution in [0.4, 0.5) is 11.6 Å². The van der Waals surface area contributed by atoms with Crippen molar-refractivity contribution in [3.63, 3.8) is 0 Å². The van der Waals surface area contributed by atoms with Gasteiger partial charge in [-0.1, -0.05) is 6.07 Å². The highest BCUT2D eigenvalue weighted by Crippen LogP contribution is 2.20. The van der Waals surface area contributed by atoms with Gasteiger partial charge in [-0.3, -0.25) is 4.72 Å². The summed E-state index contributed by atoms with van der Waals surface area (Å²) in [7, 11) is -3.75. The molecule has 3 N–H and O–H groups in total. The van der Waals surface area contributed by atoms with Gasteiger partial charge in [-0.25, -0.2) is 18.4 Å². The highest BCUT2D eigenvalue weighted by molar-refractivity contribution is 7.92. The standard InChI is InChI=1S/C12H14N4O3S/c1-2-19-10-5-3-4-9(6-10)16-20(17,18)11-7-14-12(13)15-8-11/h3-8,16H,2H2,1H3,(H2,13,14,15). The van der Waals surface area contributed by atoms with Crippen LogP contribution in [0.5, 0.6) is 5.75 Å². The smallest absolute Gasteiger partial charge is 0.264 e. The van der Waals surface area contributed by atoms with E-state index >= 15 is 0 Å². The fourth-order valence-corrected chi connectivity index (χ4v) is 2.43. The molecule has 1 heterocycles. The summed E-state index contributed by atoms with van der Waals surface area (Å²) in [6, 6.07) is 6.66. The minimum absolute atomic E-state index is 0.0160. The number of nitrogens with one attached hydrogen (secondary N) is 1. The Labute approximate surface area is 116 Å². The second-order valence-electron chi connectivity index (χ2n) is 3.84. The number of benzene rings is 1. The van der Waals surface area contributed by atoms with Gasteiger partial charge in [0, 0.05) is 6.07 Å². The minimum atomic E-state index is -3.75. The van der Waals surface area contributed by atoms with E-state index in [-0.39, 0.29) is 10.8 Å². The summed E-state index contributed by atoms with van der Waals surface area (Å²) in [5.74, 6) is 0.601. The largest absolute Gasteiger partial charge is 0.494 e. The van der Waals surface area contributed by atoms with Crippen LogP contribution in [0.2, 0.25) is 0 Å². The second kappa shape index (κ2) is 5.74. The fourth-order valence-electron chi connectivity index (χ4n) is 1.50. The summed E-state index contributed by atoms with van der Waals surface area (Å²) in [5, 5.41) is 0. The first-order valence-electron chi connectivity index (χ1n) is 5.84. The maximum atomic E-state index is 12.1. The molecule has 0 fully saturated rings. The summed E-state index contributed by atoms with van der Waals surface area (Å²) in [6.45, 7) is 2.35. The molecule has 1 aromatic heterocycles. The Bertz CT molecular complexity index is 686. The number of ether oxygens (including phenoxy) is 1. The van der Waals surface area contributed by atoms with E-state index in [2.05, 4.69) is 14.7 Å². The fraction of sp³-hybridized carbons (Fsp3) is 0.167. The lowest BCUT2D eigenvalue weighted by molar-refractivity contribution is 0.340. The van der Waals surface area contributed by atoms with Crippen molar-refractivity contribution >= 4 is 21.7 Å². The third-order valence-corrected chi connectivity index (χ3v) is 3.69. The lowest BCUT2D eigenvalue weighted by Gasteiger charge is -2.09. The van der Waals surface area contributed by atoms with Crippen molar-refractivity contribution in [2.75, 3.05) is 17.1 Å². The van der Waals surface area contributed by atoms with Crippen molar-refractivity contribution in [3.05, 3.63) is 36.7 Å². The SMILES string of the molecule is CCOc1cccc(NS(=O)(=O)c2cnc(N)nc2)c1. The molecule has 7 nitrogen and oxygen atoms in total. The zero-order chi connectivity index (χ0) is 14.6. The first-order chi connectivity index (χ1) is 9.51. The summed E-state index contributed by atoms with van der Waals surface area (Å²) < 4.78 is 31.9. The van der Waals surface area contributed by atoms with Crippen LogP contribution < -0.4 is 15.2 Å². The number of hydrogen-bond acceptors (Lipinski definition) is 6. The molecule has 20 heavy (non-hydrogen) atoms. The number of rotatable bonds is 5. The summed E-state index contributed by atoms with van der Waals surface area (Å²) in [5.41, 5.74) is 5.72. The second-order valence-corrected chi connectivity index (χ2v) is 5.53. The van der Waals surface area contributed by atoms with Crippen molar-refractivity contribution in [2.45, 2.75) is 11.8 Å². The number of sulfonamides is 1. The molecule has 0 amide bonds. The Morgan fingerprint density at radius 2 is 2.00 bits per heavy atom. The van der Waals surface area contributed by atoms with Gasteiger partial charge in [-0.2, -0.15) is 0 Å². The molecular weight excluding hydrogens is 280 g/mol. The van der Waals surface area contributed by atoms with E-state index < -0.39 is 10.0 Å². The zero-order valence-electron chi connectivity index (χ0n) is 10.8. The van der Waals surface area contributed by atoms with E-state index in [1.54, 1.807) is 24.3 Å². The molecule has 8 heteroatoms. The third kappa shape index (κ3) is 3.35. The number of nitrogens with two attached hydrogens (primary N) is 1. The number of nitrogens with zero attached hydrogens (tertiary/aromatic N) is 2. The Hall–Kier alpha value is -2.35. The molecule has 2 rings (SSSR count). The van der Waals surface area contributed by atoms with Gasteiger partial charge in [-0.15, -0.1) is 0 Å². The van der Waals surface area contributed by atoms with Crippen molar-refractivity contribution < 1.29 is 13.2 Å². The summed E-state index contributed by atoms with van der Waals surface area (Å²) >= 11 is 0. The Kier molecular flexibility index (Phi) is 4.04. The monoisotopic (exact) mass is 294 g/mol. The van der Waals surface area contributed by atoms with Crippen LogP contribution >= 0.6 is 0 Å². The lowest BCUT2D eigenvalue weighted by atomic mass is 10.3. The van der Waals surface area contributed by atoms with E-state index in [0.29, 0.717) is 18.0 Å². The van der Waals surface area contributed by atoms with Crippen LogP contribution in [0, 0.1) is 0 Å². The quantitative estimate of drug-likeness (QED) is 0.859. The van der Waals surface area contributed by atoms with Crippen molar-refractivity contribution in [1.82, 2.24) is 9.97 Å². The van der Waals surface area contributed by atoms with Crippen LogP contribution in [0.3, 0.4) is 0 Å². The predicted molar refractivity (Wildman–Crippen MR) is 74.9 cm³/mol. The lowest BCUT2D eigenvalue weighted by Crippen LogP contribution is -2.14. The van der Waals surface area contributed by atoms with E-state index in [4.69, 9.17) is 10.5 Å². The van der Waals surface area contributed by atoms with E-state index in [1.165, 1.54) is 0 Å². The molecule has 0 aliphatic rings. The first kappa shape index (κ1) is 14.1. The summed E-state index contributed by atoms with van der Waals surface area (Å²) in [6.07, 6.45) is 2.30. The number of aromatic nitrogens is 2. The van der Waals surface area contributed by atoms with Gasteiger partial charge in [0.15, 0.2) is 0 Å². The zero-order valence-corrected chi connectivity index (χ0v) is 11.6. The van der Waals surface area contributed by atoms with Crippen LogP contribution in [-0.2, 0) is 10.0 Å². The molecule has 0 saturated carbocycles. The van der Waals surface area contributed by atoms with Gasteiger partial charge in [0.1, 0.15) is 10.6 Å². The predicted octanol–water partition coefficient (Wildman–Crippen LogP) is 1.26. The van der Waals surface area contributed by atoms with Crippen LogP contribution in [0.1, 0.15) is 6.92 Å². The summed E-state index contributed by atoms with van der Waals surface area (Å²) in [4.78, 5) is 7.25. The molecule has 0 unspecified atom stereocenters. The molecule has 0 atom stereocenters. The van der Waals surface area contributed by atoms with Gasteiger partial charge < -0.3 is 10.5 Å². The molecule has 0 spiro atoms. The Balaban J connectivity index is 2.24. The van der Waals surface area contributed by atoms with Gasteiger partial charge in [0.05, 0.1) is 24.7 Å². The average Bonchev–Trinajstić information content (AvgIpc) is 2.39. The molecule has 0 bridgehead atoms. The normalized spacial score (nSPS) is 11.1. The van der Waals surface area contributed by atoms with Gasteiger partial charge in [0.2, 0.25) is 5.95 Å². The molecule has 106 valence electrons. The van der Waals surface area contributed by atoms with Crippen molar-refractivity contribution in [2.24, 2.45) is 0 Å². The minimum Gasteiger partial charge on any atom is -0.494 e. The molecule has 0 aliphatic carbocycles. The van der Waals surface area contributed by atoms with Gasteiger partial charge in [-0.05, 0) is 19.1 Å². The number of nitrogen functional groups attached to an aromatic ring is 1. The first-order valence-corrected chi connectivity index (χ1v) is 7.33. The Morgan fingerprint density at radius 3 is 2.65 bits per heavy atom. The maximum Gasteiger partial charge on any atom is 0.264 e. The van der Waals surface area contributed by atoms with Gasteiger partial charge in [0.25, 0.3) is 10.0 Å². The molecule has 0 saturated heterocycles. The maximum absolute atomic E-state index is 12.1. The van der Waals surface area contributed by atoms with E-state index in [9.17, 15) is 8.42 Å². The molecule has 1 aromatic carbocycles. The average molecular weight is 294 g/mol. The molecule has 0 radical (unpaired) electrons. The van der Waals surface area contributed by atoms with E-state index in [1.807, 2.05) is 6.92 Å². The number of hydrogen-bond donors (Lipinski definition) is 2.